The lowest BCUT2D eigenvalue weighted by Crippen LogP contribution is -2.08. The number of ketones is 1. The molecule has 1 rings (SSSR count). The van der Waals surface area contributed by atoms with Crippen molar-refractivity contribution < 1.29 is 22.5 Å². The molecular weight excluding hydrogens is 201 g/mol. The van der Waals surface area contributed by atoms with E-state index in [2.05, 4.69) is 14.7 Å². The molecule has 7 heteroatoms. The summed E-state index contributed by atoms with van der Waals surface area (Å²) in [4.78, 5) is 13.9. The fourth-order valence-corrected chi connectivity index (χ4v) is 0.735. The van der Waals surface area contributed by atoms with E-state index in [1.807, 2.05) is 0 Å². The van der Waals surface area contributed by atoms with Crippen molar-refractivity contribution in [2.75, 3.05) is 0 Å². The summed E-state index contributed by atoms with van der Waals surface area (Å²) in [5.41, 5.74) is 0. The number of carbonyl (C=O) groups is 1. The van der Waals surface area contributed by atoms with Crippen LogP contribution < -0.4 is 0 Å². The fourth-order valence-electron chi connectivity index (χ4n) is 0.735. The maximum absolute atomic E-state index is 12.0. The molecule has 1 aromatic heterocycles. The summed E-state index contributed by atoms with van der Waals surface area (Å²) in [6, 6.07) is 0. The second kappa shape index (κ2) is 3.77. The van der Waals surface area contributed by atoms with Crippen LogP contribution in [0.2, 0.25) is 0 Å². The zero-order valence-corrected chi connectivity index (χ0v) is 7.26. The molecule has 0 unspecified atom stereocenters. The van der Waals surface area contributed by atoms with Crippen LogP contribution in [0.5, 0.6) is 0 Å². The molecular formula is C7H7F3N2O2. The number of carbonyl (C=O) groups excluding carboxylic acids is 1. The average Bonchev–Trinajstić information content (AvgIpc) is 2.51. The minimum absolute atomic E-state index is 0.226. The van der Waals surface area contributed by atoms with Crippen LogP contribution in [0.25, 0.3) is 0 Å². The van der Waals surface area contributed by atoms with Crippen molar-refractivity contribution in [2.45, 2.75) is 25.9 Å². The van der Waals surface area contributed by atoms with E-state index in [0.29, 0.717) is 0 Å². The molecule has 0 bridgehead atoms. The summed E-state index contributed by atoms with van der Waals surface area (Å²) in [7, 11) is 0. The third-order valence-corrected chi connectivity index (χ3v) is 1.46. The minimum atomic E-state index is -4.63. The quantitative estimate of drug-likeness (QED) is 0.757. The van der Waals surface area contributed by atoms with Gasteiger partial charge in [0.05, 0.1) is 6.42 Å². The predicted molar refractivity (Wildman–Crippen MR) is 38.3 cm³/mol. The molecule has 0 amide bonds. The number of aromatic nitrogens is 2. The van der Waals surface area contributed by atoms with Gasteiger partial charge in [-0.15, -0.1) is 0 Å². The zero-order chi connectivity index (χ0) is 10.8. The van der Waals surface area contributed by atoms with Crippen molar-refractivity contribution in [3.05, 3.63) is 11.7 Å². The third-order valence-electron chi connectivity index (χ3n) is 1.46. The lowest BCUT2D eigenvalue weighted by Gasteiger charge is -1.96. The van der Waals surface area contributed by atoms with Gasteiger partial charge in [-0.3, -0.25) is 4.79 Å². The van der Waals surface area contributed by atoms with E-state index in [1.54, 1.807) is 6.92 Å². The second-order valence-electron chi connectivity index (χ2n) is 2.58. The molecule has 0 aromatic carbocycles. The number of alkyl halides is 3. The highest BCUT2D eigenvalue weighted by atomic mass is 19.4. The Labute approximate surface area is 77.1 Å². The van der Waals surface area contributed by atoms with Gasteiger partial charge in [0.1, 0.15) is 5.78 Å². The Hall–Kier alpha value is -1.40. The standard InChI is InChI=1S/C7H7F3N2O2/c1-2-4(13)3-5-11-6(12-14-5)7(8,9)10/h2-3H2,1H3. The molecule has 0 spiro atoms. The Balaban J connectivity index is 2.74. The molecule has 14 heavy (non-hydrogen) atoms. The van der Waals surface area contributed by atoms with Gasteiger partial charge in [0.15, 0.2) is 0 Å². The van der Waals surface area contributed by atoms with Crippen LogP contribution >= 0.6 is 0 Å². The van der Waals surface area contributed by atoms with Gasteiger partial charge >= 0.3 is 6.18 Å². The molecule has 1 heterocycles. The van der Waals surface area contributed by atoms with Gasteiger partial charge in [0.25, 0.3) is 5.82 Å². The van der Waals surface area contributed by atoms with E-state index >= 15 is 0 Å². The Bertz CT molecular complexity index is 332. The van der Waals surface area contributed by atoms with Crippen molar-refractivity contribution >= 4 is 5.78 Å². The normalized spacial score (nSPS) is 11.7. The van der Waals surface area contributed by atoms with Crippen LogP contribution in [0.4, 0.5) is 13.2 Å². The van der Waals surface area contributed by atoms with Crippen molar-refractivity contribution in [3.63, 3.8) is 0 Å². The summed E-state index contributed by atoms with van der Waals surface area (Å²) >= 11 is 0. The molecule has 0 saturated carbocycles. The van der Waals surface area contributed by atoms with Gasteiger partial charge in [-0.1, -0.05) is 12.1 Å². The van der Waals surface area contributed by atoms with Crippen molar-refractivity contribution in [1.29, 1.82) is 0 Å². The van der Waals surface area contributed by atoms with Crippen molar-refractivity contribution in [2.24, 2.45) is 0 Å². The first-order valence-electron chi connectivity index (χ1n) is 3.85. The molecule has 0 saturated heterocycles. The first-order chi connectivity index (χ1) is 6.43. The highest BCUT2D eigenvalue weighted by Gasteiger charge is 2.37. The monoisotopic (exact) mass is 208 g/mol. The predicted octanol–water partition coefficient (Wildman–Crippen LogP) is 1.61. The Kier molecular flexibility index (Phi) is 2.87. The van der Waals surface area contributed by atoms with Gasteiger partial charge in [-0.2, -0.15) is 18.2 Å². The highest BCUT2D eigenvalue weighted by molar-refractivity contribution is 5.79. The highest BCUT2D eigenvalue weighted by Crippen LogP contribution is 2.26. The summed E-state index contributed by atoms with van der Waals surface area (Å²) in [5, 5.41) is 2.71. The summed E-state index contributed by atoms with van der Waals surface area (Å²) in [6.45, 7) is 1.60. The number of rotatable bonds is 3. The average molecular weight is 208 g/mol. The Morgan fingerprint density at radius 1 is 1.50 bits per heavy atom. The molecule has 0 aliphatic rings. The Morgan fingerprint density at radius 2 is 2.14 bits per heavy atom. The first-order valence-corrected chi connectivity index (χ1v) is 3.85. The molecule has 0 atom stereocenters. The maximum atomic E-state index is 12.0. The second-order valence-corrected chi connectivity index (χ2v) is 2.58. The van der Waals surface area contributed by atoms with Crippen LogP contribution in [0.3, 0.4) is 0 Å². The molecule has 1 aromatic rings. The van der Waals surface area contributed by atoms with Crippen molar-refractivity contribution in [3.8, 4) is 0 Å². The smallest absolute Gasteiger partial charge is 0.339 e. The van der Waals surface area contributed by atoms with Gasteiger partial charge < -0.3 is 4.52 Å². The van der Waals surface area contributed by atoms with E-state index < -0.39 is 12.0 Å². The maximum Gasteiger partial charge on any atom is 0.455 e. The first kappa shape index (κ1) is 10.7. The molecule has 4 nitrogen and oxygen atoms in total. The lowest BCUT2D eigenvalue weighted by atomic mass is 10.2. The minimum Gasteiger partial charge on any atom is -0.339 e. The van der Waals surface area contributed by atoms with E-state index in [9.17, 15) is 18.0 Å². The SMILES string of the molecule is CCC(=O)Cc1nc(C(F)(F)F)no1. The van der Waals surface area contributed by atoms with Crippen LogP contribution in [-0.4, -0.2) is 15.9 Å². The summed E-state index contributed by atoms with van der Waals surface area (Å²) in [6.07, 6.45) is -4.65. The van der Waals surface area contributed by atoms with E-state index in [0.717, 1.165) is 0 Å². The molecule has 0 aliphatic heterocycles. The van der Waals surface area contributed by atoms with E-state index in [1.165, 1.54) is 0 Å². The number of hydrogen-bond donors (Lipinski definition) is 0. The molecule has 0 fully saturated rings. The van der Waals surface area contributed by atoms with Crippen LogP contribution in [-0.2, 0) is 17.4 Å². The number of hydrogen-bond acceptors (Lipinski definition) is 4. The summed E-state index contributed by atoms with van der Waals surface area (Å²) < 4.78 is 40.1. The van der Waals surface area contributed by atoms with E-state index in [4.69, 9.17) is 0 Å². The van der Waals surface area contributed by atoms with Gasteiger partial charge in [0, 0.05) is 6.42 Å². The summed E-state index contributed by atoms with van der Waals surface area (Å²) in [5.74, 6) is -1.90. The fraction of sp³-hybridized carbons (Fsp3) is 0.571. The molecule has 0 N–H and O–H groups in total. The number of halogens is 3. The van der Waals surface area contributed by atoms with Gasteiger partial charge in [-0.25, -0.2) is 0 Å². The van der Waals surface area contributed by atoms with Crippen molar-refractivity contribution in [1.82, 2.24) is 10.1 Å². The Morgan fingerprint density at radius 3 is 2.57 bits per heavy atom. The van der Waals surface area contributed by atoms with Crippen LogP contribution in [0, 0.1) is 0 Å². The van der Waals surface area contributed by atoms with Crippen LogP contribution in [0.1, 0.15) is 25.1 Å². The number of Topliss-reactive ketones (excluding diaryl/α,β-unsaturated/α-hetero) is 1. The van der Waals surface area contributed by atoms with Crippen LogP contribution in [0.15, 0.2) is 4.52 Å². The topological polar surface area (TPSA) is 56.0 Å². The number of nitrogens with zero attached hydrogens (tertiary/aromatic N) is 2. The molecule has 0 aliphatic carbocycles. The molecule has 78 valence electrons. The lowest BCUT2D eigenvalue weighted by molar-refractivity contribution is -0.146. The van der Waals surface area contributed by atoms with Gasteiger partial charge in [0.2, 0.25) is 5.89 Å². The zero-order valence-electron chi connectivity index (χ0n) is 7.26. The third kappa shape index (κ3) is 2.54. The molecule has 0 radical (unpaired) electrons. The van der Waals surface area contributed by atoms with Gasteiger partial charge in [-0.05, 0) is 0 Å². The van der Waals surface area contributed by atoms with E-state index in [-0.39, 0.29) is 24.5 Å². The largest absolute Gasteiger partial charge is 0.455 e.